The van der Waals surface area contributed by atoms with Crippen molar-refractivity contribution < 1.29 is 14.4 Å². The Hall–Kier alpha value is -1.59. The van der Waals surface area contributed by atoms with E-state index in [1.807, 2.05) is 4.90 Å². The summed E-state index contributed by atoms with van der Waals surface area (Å²) in [6, 6.07) is -0.146. The number of carbonyl (C=O) groups excluding carboxylic acids is 3. The van der Waals surface area contributed by atoms with E-state index < -0.39 is 11.6 Å². The summed E-state index contributed by atoms with van der Waals surface area (Å²) in [5.41, 5.74) is -0.719. The van der Waals surface area contributed by atoms with Gasteiger partial charge in [-0.2, -0.15) is 0 Å². The number of carbonyl (C=O) groups is 3. The van der Waals surface area contributed by atoms with Crippen molar-refractivity contribution >= 4 is 17.8 Å². The van der Waals surface area contributed by atoms with Gasteiger partial charge in [-0.3, -0.25) is 14.5 Å². The van der Waals surface area contributed by atoms with Crippen molar-refractivity contribution in [3.05, 3.63) is 0 Å². The van der Waals surface area contributed by atoms with Crippen LogP contribution < -0.4 is 5.32 Å². The van der Waals surface area contributed by atoms with Crippen LogP contribution in [-0.4, -0.2) is 52.3 Å². The van der Waals surface area contributed by atoms with E-state index in [-0.39, 0.29) is 24.4 Å². The lowest BCUT2D eigenvalue weighted by Gasteiger charge is -2.36. The number of piperidine rings is 1. The highest BCUT2D eigenvalue weighted by Crippen LogP contribution is 2.35. The van der Waals surface area contributed by atoms with E-state index in [1.54, 1.807) is 0 Å². The molecule has 3 aliphatic rings. The van der Waals surface area contributed by atoms with Crippen molar-refractivity contribution in [3.8, 4) is 0 Å². The summed E-state index contributed by atoms with van der Waals surface area (Å²) in [6.07, 6.45) is 7.41. The second kappa shape index (κ2) is 5.89. The Labute approximate surface area is 131 Å². The molecule has 22 heavy (non-hydrogen) atoms. The molecule has 2 heterocycles. The zero-order valence-electron chi connectivity index (χ0n) is 13.3. The van der Waals surface area contributed by atoms with Crippen LogP contribution in [0.2, 0.25) is 0 Å². The molecule has 122 valence electrons. The lowest BCUT2D eigenvalue weighted by atomic mass is 9.98. The molecule has 4 amide bonds. The number of urea groups is 1. The van der Waals surface area contributed by atoms with Gasteiger partial charge in [-0.15, -0.1) is 0 Å². The average molecular weight is 307 g/mol. The highest BCUT2D eigenvalue weighted by molar-refractivity contribution is 6.09. The van der Waals surface area contributed by atoms with Crippen LogP contribution >= 0.6 is 0 Å². The smallest absolute Gasteiger partial charge is 0.325 e. The minimum atomic E-state index is -0.719. The summed E-state index contributed by atoms with van der Waals surface area (Å²) in [7, 11) is 0. The van der Waals surface area contributed by atoms with E-state index >= 15 is 0 Å². The van der Waals surface area contributed by atoms with E-state index in [0.717, 1.165) is 50.0 Å². The average Bonchev–Trinajstić information content (AvgIpc) is 3.08. The SMILES string of the molecule is CC[C@H]1CCCCN1C(=O)CN1C(=O)NC2(CCCC2)C1=O. The second-order valence-electron chi connectivity index (χ2n) is 6.76. The minimum absolute atomic E-state index is 0.0925. The van der Waals surface area contributed by atoms with Gasteiger partial charge < -0.3 is 10.2 Å². The maximum Gasteiger partial charge on any atom is 0.325 e. The lowest BCUT2D eigenvalue weighted by Crippen LogP contribution is -2.49. The van der Waals surface area contributed by atoms with Crippen molar-refractivity contribution in [2.24, 2.45) is 0 Å². The molecule has 1 aliphatic carbocycles. The second-order valence-corrected chi connectivity index (χ2v) is 6.76. The molecule has 1 N–H and O–H groups in total. The Morgan fingerprint density at radius 1 is 1.23 bits per heavy atom. The molecular formula is C16H25N3O3. The maximum atomic E-state index is 12.6. The third kappa shape index (κ3) is 2.48. The maximum absolute atomic E-state index is 12.6. The molecule has 1 atom stereocenters. The van der Waals surface area contributed by atoms with Crippen molar-refractivity contribution in [1.82, 2.24) is 15.1 Å². The van der Waals surface area contributed by atoms with Crippen LogP contribution in [-0.2, 0) is 9.59 Å². The molecule has 6 nitrogen and oxygen atoms in total. The van der Waals surface area contributed by atoms with Gasteiger partial charge in [-0.1, -0.05) is 19.8 Å². The van der Waals surface area contributed by atoms with Gasteiger partial charge in [-0.05, 0) is 38.5 Å². The van der Waals surface area contributed by atoms with E-state index in [2.05, 4.69) is 12.2 Å². The fraction of sp³-hybridized carbons (Fsp3) is 0.812. The van der Waals surface area contributed by atoms with Gasteiger partial charge in [0.2, 0.25) is 5.91 Å². The molecule has 0 radical (unpaired) electrons. The molecule has 1 spiro atoms. The first-order chi connectivity index (χ1) is 10.6. The summed E-state index contributed by atoms with van der Waals surface area (Å²) in [5, 5.41) is 2.83. The standard InChI is InChI=1S/C16H25N3O3/c1-2-12-7-3-6-10-18(12)13(20)11-19-14(21)16(17-15(19)22)8-4-5-9-16/h12H,2-11H2,1H3,(H,17,22)/t12-/m0/s1. The fourth-order valence-corrected chi connectivity index (χ4v) is 4.12. The molecule has 3 fully saturated rings. The van der Waals surface area contributed by atoms with Crippen LogP contribution in [0.4, 0.5) is 4.79 Å². The zero-order valence-corrected chi connectivity index (χ0v) is 13.3. The number of hydrogen-bond donors (Lipinski definition) is 1. The summed E-state index contributed by atoms with van der Waals surface area (Å²) < 4.78 is 0. The fourth-order valence-electron chi connectivity index (χ4n) is 4.12. The van der Waals surface area contributed by atoms with E-state index in [9.17, 15) is 14.4 Å². The van der Waals surface area contributed by atoms with Crippen molar-refractivity contribution in [3.63, 3.8) is 0 Å². The molecule has 0 unspecified atom stereocenters. The topological polar surface area (TPSA) is 69.7 Å². The Bertz CT molecular complexity index is 485. The Kier molecular flexibility index (Phi) is 4.10. The molecule has 0 bridgehead atoms. The first-order valence-corrected chi connectivity index (χ1v) is 8.51. The summed E-state index contributed by atoms with van der Waals surface area (Å²) in [5.74, 6) is -0.293. The number of nitrogens with one attached hydrogen (secondary N) is 1. The van der Waals surface area contributed by atoms with E-state index in [0.29, 0.717) is 12.8 Å². The highest BCUT2D eigenvalue weighted by Gasteiger charge is 2.53. The van der Waals surface area contributed by atoms with Gasteiger partial charge in [0, 0.05) is 12.6 Å². The normalized spacial score (nSPS) is 27.6. The van der Waals surface area contributed by atoms with Crippen LogP contribution in [0, 0.1) is 0 Å². The molecule has 0 aromatic heterocycles. The Morgan fingerprint density at radius 3 is 2.64 bits per heavy atom. The van der Waals surface area contributed by atoms with Gasteiger partial charge >= 0.3 is 6.03 Å². The quantitative estimate of drug-likeness (QED) is 0.806. The Balaban J connectivity index is 1.68. The van der Waals surface area contributed by atoms with Gasteiger partial charge in [-0.25, -0.2) is 4.79 Å². The van der Waals surface area contributed by atoms with Crippen molar-refractivity contribution in [1.29, 1.82) is 0 Å². The van der Waals surface area contributed by atoms with E-state index in [4.69, 9.17) is 0 Å². The first-order valence-electron chi connectivity index (χ1n) is 8.51. The molecular weight excluding hydrogens is 282 g/mol. The Morgan fingerprint density at radius 2 is 1.95 bits per heavy atom. The van der Waals surface area contributed by atoms with Crippen molar-refractivity contribution in [2.45, 2.75) is 69.9 Å². The molecule has 2 aliphatic heterocycles. The predicted molar refractivity (Wildman–Crippen MR) is 81.1 cm³/mol. The first kappa shape index (κ1) is 15.3. The lowest BCUT2D eigenvalue weighted by molar-refractivity contribution is -0.141. The molecule has 1 saturated carbocycles. The summed E-state index contributed by atoms with van der Waals surface area (Å²) >= 11 is 0. The number of hydrogen-bond acceptors (Lipinski definition) is 3. The predicted octanol–water partition coefficient (Wildman–Crippen LogP) is 1.64. The summed E-state index contributed by atoms with van der Waals surface area (Å²) in [4.78, 5) is 40.3. The largest absolute Gasteiger partial charge is 0.338 e. The molecule has 2 saturated heterocycles. The van der Waals surface area contributed by atoms with Gasteiger partial charge in [0.1, 0.15) is 12.1 Å². The third-order valence-corrected chi connectivity index (χ3v) is 5.42. The molecule has 6 heteroatoms. The number of imide groups is 1. The zero-order chi connectivity index (χ0) is 15.7. The van der Waals surface area contributed by atoms with Crippen LogP contribution in [0.5, 0.6) is 0 Å². The molecule has 0 aromatic carbocycles. The van der Waals surface area contributed by atoms with Gasteiger partial charge in [0.25, 0.3) is 5.91 Å². The molecule has 0 aromatic rings. The minimum Gasteiger partial charge on any atom is -0.338 e. The van der Waals surface area contributed by atoms with Gasteiger partial charge in [0.15, 0.2) is 0 Å². The van der Waals surface area contributed by atoms with Gasteiger partial charge in [0.05, 0.1) is 0 Å². The van der Waals surface area contributed by atoms with Crippen LogP contribution in [0.25, 0.3) is 0 Å². The number of nitrogens with zero attached hydrogens (tertiary/aromatic N) is 2. The van der Waals surface area contributed by atoms with E-state index in [1.165, 1.54) is 0 Å². The number of rotatable bonds is 3. The third-order valence-electron chi connectivity index (χ3n) is 5.42. The summed E-state index contributed by atoms with van der Waals surface area (Å²) in [6.45, 7) is 2.71. The number of amides is 4. The van der Waals surface area contributed by atoms with Crippen LogP contribution in [0.15, 0.2) is 0 Å². The molecule has 3 rings (SSSR count). The van der Waals surface area contributed by atoms with Crippen LogP contribution in [0.1, 0.15) is 58.3 Å². The monoisotopic (exact) mass is 307 g/mol. The highest BCUT2D eigenvalue weighted by atomic mass is 16.2. The van der Waals surface area contributed by atoms with Crippen LogP contribution in [0.3, 0.4) is 0 Å². The number of likely N-dealkylation sites (tertiary alicyclic amines) is 1. The van der Waals surface area contributed by atoms with Crippen molar-refractivity contribution in [2.75, 3.05) is 13.1 Å².